The van der Waals surface area contributed by atoms with Crippen molar-refractivity contribution in [2.45, 2.75) is 32.7 Å². The Labute approximate surface area is 125 Å². The molecule has 1 N–H and O–H groups in total. The quantitative estimate of drug-likeness (QED) is 0.851. The number of carbonyl (C=O) groups excluding carboxylic acids is 1. The van der Waals surface area contributed by atoms with Crippen molar-refractivity contribution in [3.05, 3.63) is 54.0 Å². The van der Waals surface area contributed by atoms with Crippen LogP contribution in [0.2, 0.25) is 0 Å². The Kier molecular flexibility index (Phi) is 5.43. The maximum atomic E-state index is 12.0. The maximum absolute atomic E-state index is 12.0. The lowest BCUT2D eigenvalue weighted by Crippen LogP contribution is -2.35. The lowest BCUT2D eigenvalue weighted by Gasteiger charge is -2.12. The van der Waals surface area contributed by atoms with E-state index in [1.807, 2.05) is 50.2 Å². The minimum atomic E-state index is 0.0122. The molecule has 0 aliphatic heterocycles. The first-order chi connectivity index (χ1) is 10.2. The number of carbonyl (C=O) groups is 1. The highest BCUT2D eigenvalue weighted by molar-refractivity contribution is 5.78. The largest absolute Gasteiger partial charge is 0.494 e. The summed E-state index contributed by atoms with van der Waals surface area (Å²) in [5.74, 6) is 1.72. The van der Waals surface area contributed by atoms with Crippen LogP contribution in [0.3, 0.4) is 0 Å². The summed E-state index contributed by atoms with van der Waals surface area (Å²) in [6.45, 7) is 4.56. The molecule has 2 rings (SSSR count). The van der Waals surface area contributed by atoms with Crippen molar-refractivity contribution in [1.29, 1.82) is 0 Å². The van der Waals surface area contributed by atoms with E-state index in [0.29, 0.717) is 19.4 Å². The summed E-state index contributed by atoms with van der Waals surface area (Å²) in [4.78, 5) is 12.0. The number of hydrogen-bond donors (Lipinski definition) is 1. The van der Waals surface area contributed by atoms with E-state index in [4.69, 9.17) is 9.15 Å². The number of rotatable bonds is 7. The van der Waals surface area contributed by atoms with E-state index in [9.17, 15) is 4.79 Å². The predicted octanol–water partition coefficient (Wildman–Crippen LogP) is 2.97. The van der Waals surface area contributed by atoms with Gasteiger partial charge in [0.05, 0.1) is 19.3 Å². The van der Waals surface area contributed by atoms with Crippen molar-refractivity contribution in [1.82, 2.24) is 5.32 Å². The summed E-state index contributed by atoms with van der Waals surface area (Å²) < 4.78 is 10.7. The molecule has 0 aliphatic rings. The molecule has 0 saturated heterocycles. The molecule has 0 spiro atoms. The second-order valence-corrected chi connectivity index (χ2v) is 5.01. The molecule has 0 aliphatic carbocycles. The Bertz CT molecular complexity index is 546. The van der Waals surface area contributed by atoms with Gasteiger partial charge in [0, 0.05) is 12.5 Å². The van der Waals surface area contributed by atoms with Gasteiger partial charge in [0.1, 0.15) is 11.5 Å². The fourth-order valence-corrected chi connectivity index (χ4v) is 2.16. The molecule has 4 nitrogen and oxygen atoms in total. The van der Waals surface area contributed by atoms with Gasteiger partial charge in [-0.2, -0.15) is 0 Å². The van der Waals surface area contributed by atoms with E-state index < -0.39 is 0 Å². The minimum absolute atomic E-state index is 0.0122. The van der Waals surface area contributed by atoms with Gasteiger partial charge in [0.15, 0.2) is 0 Å². The molecule has 1 aromatic heterocycles. The third-order valence-corrected chi connectivity index (χ3v) is 3.09. The van der Waals surface area contributed by atoms with Gasteiger partial charge in [-0.1, -0.05) is 12.1 Å². The van der Waals surface area contributed by atoms with Crippen LogP contribution in [0.25, 0.3) is 0 Å². The van der Waals surface area contributed by atoms with Gasteiger partial charge in [0.25, 0.3) is 0 Å². The average Bonchev–Trinajstić information content (AvgIpc) is 2.93. The molecule has 1 heterocycles. The molecule has 0 bridgehead atoms. The minimum Gasteiger partial charge on any atom is -0.494 e. The number of nitrogens with one attached hydrogen (secondary N) is 1. The van der Waals surface area contributed by atoms with Crippen LogP contribution in [0.1, 0.15) is 25.2 Å². The van der Waals surface area contributed by atoms with E-state index in [2.05, 4.69) is 5.32 Å². The molecule has 2 aromatic rings. The molecule has 0 unspecified atom stereocenters. The van der Waals surface area contributed by atoms with Gasteiger partial charge in [0.2, 0.25) is 5.91 Å². The average molecular weight is 287 g/mol. The van der Waals surface area contributed by atoms with Gasteiger partial charge in [-0.25, -0.2) is 0 Å². The van der Waals surface area contributed by atoms with Crippen molar-refractivity contribution in [3.63, 3.8) is 0 Å². The molecule has 1 aromatic carbocycles. The van der Waals surface area contributed by atoms with Gasteiger partial charge in [-0.3, -0.25) is 4.79 Å². The van der Waals surface area contributed by atoms with Crippen LogP contribution in [-0.4, -0.2) is 18.6 Å². The van der Waals surface area contributed by atoms with Crippen LogP contribution in [0.15, 0.2) is 47.1 Å². The van der Waals surface area contributed by atoms with Crippen LogP contribution in [-0.2, 0) is 17.6 Å². The van der Waals surface area contributed by atoms with E-state index in [1.165, 1.54) is 0 Å². The molecule has 1 amide bonds. The molecule has 0 saturated carbocycles. The molecule has 21 heavy (non-hydrogen) atoms. The third-order valence-electron chi connectivity index (χ3n) is 3.09. The number of ether oxygens (including phenoxy) is 1. The zero-order valence-electron chi connectivity index (χ0n) is 12.5. The van der Waals surface area contributed by atoms with Crippen molar-refractivity contribution in [2.75, 3.05) is 6.61 Å². The zero-order valence-corrected chi connectivity index (χ0v) is 12.5. The standard InChI is InChI=1S/C17H21NO3/c1-3-20-15-8-6-14(7-9-15)12-17(19)18-13(2)11-16-5-4-10-21-16/h4-10,13H,3,11-12H2,1-2H3,(H,18,19)/t13-/m1/s1. The number of benzene rings is 1. The third kappa shape index (κ3) is 4.99. The summed E-state index contributed by atoms with van der Waals surface area (Å²) in [6, 6.07) is 11.4. The van der Waals surface area contributed by atoms with Crippen LogP contribution in [0.4, 0.5) is 0 Å². The smallest absolute Gasteiger partial charge is 0.224 e. The molecule has 112 valence electrons. The first kappa shape index (κ1) is 15.2. The number of amides is 1. The van der Waals surface area contributed by atoms with Gasteiger partial charge < -0.3 is 14.5 Å². The number of furan rings is 1. The first-order valence-electron chi connectivity index (χ1n) is 7.21. The van der Waals surface area contributed by atoms with Crippen molar-refractivity contribution >= 4 is 5.91 Å². The summed E-state index contributed by atoms with van der Waals surface area (Å²) >= 11 is 0. The van der Waals surface area contributed by atoms with Crippen LogP contribution in [0, 0.1) is 0 Å². The van der Waals surface area contributed by atoms with Gasteiger partial charge in [-0.15, -0.1) is 0 Å². The lowest BCUT2D eigenvalue weighted by molar-refractivity contribution is -0.121. The molecule has 0 fully saturated rings. The normalized spacial score (nSPS) is 11.9. The highest BCUT2D eigenvalue weighted by Crippen LogP contribution is 2.12. The summed E-state index contributed by atoms with van der Waals surface area (Å²) in [6.07, 6.45) is 2.71. The zero-order chi connectivity index (χ0) is 15.1. The fraction of sp³-hybridized carbons (Fsp3) is 0.353. The highest BCUT2D eigenvalue weighted by atomic mass is 16.5. The van der Waals surface area contributed by atoms with Crippen LogP contribution in [0.5, 0.6) is 5.75 Å². The van der Waals surface area contributed by atoms with E-state index in [0.717, 1.165) is 17.1 Å². The maximum Gasteiger partial charge on any atom is 0.224 e. The summed E-state index contributed by atoms with van der Waals surface area (Å²) in [5, 5.41) is 2.98. The molecular weight excluding hydrogens is 266 g/mol. The summed E-state index contributed by atoms with van der Waals surface area (Å²) in [5.41, 5.74) is 0.973. The fourth-order valence-electron chi connectivity index (χ4n) is 2.16. The Morgan fingerprint density at radius 3 is 2.67 bits per heavy atom. The first-order valence-corrected chi connectivity index (χ1v) is 7.21. The van der Waals surface area contributed by atoms with Crippen molar-refractivity contribution in [3.8, 4) is 5.75 Å². The predicted molar refractivity (Wildman–Crippen MR) is 81.3 cm³/mol. The van der Waals surface area contributed by atoms with Gasteiger partial charge >= 0.3 is 0 Å². The van der Waals surface area contributed by atoms with E-state index in [1.54, 1.807) is 6.26 Å². The van der Waals surface area contributed by atoms with E-state index in [-0.39, 0.29) is 11.9 Å². The molecule has 1 atom stereocenters. The van der Waals surface area contributed by atoms with Crippen molar-refractivity contribution in [2.24, 2.45) is 0 Å². The molecule has 4 heteroatoms. The Morgan fingerprint density at radius 2 is 2.05 bits per heavy atom. The lowest BCUT2D eigenvalue weighted by atomic mass is 10.1. The Morgan fingerprint density at radius 1 is 1.29 bits per heavy atom. The Balaban J connectivity index is 1.80. The highest BCUT2D eigenvalue weighted by Gasteiger charge is 2.10. The van der Waals surface area contributed by atoms with Gasteiger partial charge in [-0.05, 0) is 43.7 Å². The topological polar surface area (TPSA) is 51.5 Å². The second-order valence-electron chi connectivity index (χ2n) is 5.01. The molecular formula is C17H21NO3. The summed E-state index contributed by atoms with van der Waals surface area (Å²) in [7, 11) is 0. The van der Waals surface area contributed by atoms with Crippen molar-refractivity contribution < 1.29 is 13.9 Å². The molecule has 0 radical (unpaired) electrons. The SMILES string of the molecule is CCOc1ccc(CC(=O)N[C@H](C)Cc2ccco2)cc1. The van der Waals surface area contributed by atoms with Crippen LogP contribution >= 0.6 is 0 Å². The van der Waals surface area contributed by atoms with Crippen LogP contribution < -0.4 is 10.1 Å². The number of hydrogen-bond acceptors (Lipinski definition) is 3. The monoisotopic (exact) mass is 287 g/mol. The Hall–Kier alpha value is -2.23. The van der Waals surface area contributed by atoms with E-state index >= 15 is 0 Å². The second kappa shape index (κ2) is 7.53.